The molecule has 6 rings (SSSR count). The molecule has 100 heavy (non-hydrogen) atoms. The molecule has 4 heterocycles. The maximum atomic E-state index is 12.9. The number of fused-ring (bicyclic) bond motifs is 2. The number of rotatable bonds is 48. The number of hydrogen-bond acceptors (Lipinski definition) is 27. The monoisotopic (exact) mass is 1390 g/mol. The number of nitrogens with two attached hydrogens (primary N) is 2. The van der Waals surface area contributed by atoms with Crippen LogP contribution in [0.2, 0.25) is 0 Å². The van der Waals surface area contributed by atoms with Gasteiger partial charge in [0.25, 0.3) is 22.9 Å². The predicted molar refractivity (Wildman–Crippen MR) is 373 cm³/mol. The molecule has 2 amide bonds. The van der Waals surface area contributed by atoms with Gasteiger partial charge in [0.2, 0.25) is 11.9 Å². The number of aliphatic imine (C=N–C) groups is 1. The molecule has 0 saturated carbocycles. The van der Waals surface area contributed by atoms with Crippen molar-refractivity contribution in [1.29, 1.82) is 0 Å². The number of nitrogens with one attached hydrogen (secondary N) is 6. The second-order valence-electron chi connectivity index (χ2n) is 25.2. The van der Waals surface area contributed by atoms with Crippen LogP contribution in [-0.2, 0) is 60.7 Å². The summed E-state index contributed by atoms with van der Waals surface area (Å²) in [6.45, 7) is 20.4. The van der Waals surface area contributed by atoms with Gasteiger partial charge in [-0.1, -0.05) is 0 Å². The van der Waals surface area contributed by atoms with Crippen LogP contribution >= 0.6 is 0 Å². The van der Waals surface area contributed by atoms with Gasteiger partial charge in [0.1, 0.15) is 23.7 Å². The highest BCUT2D eigenvalue weighted by atomic mass is 16.5. The average molecular weight is 1390 g/mol. The minimum atomic E-state index is -1.26. The second kappa shape index (κ2) is 41.3. The van der Waals surface area contributed by atoms with Gasteiger partial charge in [-0.15, -0.1) is 0 Å². The number of amides is 2. The quantitative estimate of drug-likeness (QED) is 0.0192. The zero-order valence-electron chi connectivity index (χ0n) is 57.7. The largest absolute Gasteiger partial charge is 0.480 e. The van der Waals surface area contributed by atoms with Crippen LogP contribution in [0.3, 0.4) is 0 Å². The predicted octanol–water partition coefficient (Wildman–Crippen LogP) is 3.78. The fourth-order valence-corrected chi connectivity index (χ4v) is 9.64. The highest BCUT2D eigenvalue weighted by Gasteiger charge is 2.25. The number of Topliss-reactive ketones (excluding diaryl/α,β-unsaturated/α-hetero) is 2. The van der Waals surface area contributed by atoms with Gasteiger partial charge in [-0.05, 0) is 116 Å². The Hall–Kier alpha value is -9.35. The van der Waals surface area contributed by atoms with E-state index in [0.29, 0.717) is 141 Å². The molecule has 0 radical (unpaired) electrons. The van der Waals surface area contributed by atoms with Crippen LogP contribution < -0.4 is 43.9 Å². The molecular weight excluding hydrogens is 1300 g/mol. The number of H-pyrrole nitrogens is 2. The van der Waals surface area contributed by atoms with Gasteiger partial charge in [-0.2, -0.15) is 9.97 Å². The van der Waals surface area contributed by atoms with E-state index in [-0.39, 0.29) is 120 Å². The van der Waals surface area contributed by atoms with E-state index in [1.54, 1.807) is 24.3 Å². The number of carbonyl (C=O) groups is 6. The molecular formula is C67H95N17O16. The van der Waals surface area contributed by atoms with E-state index in [4.69, 9.17) is 44.9 Å². The zero-order chi connectivity index (χ0) is 72.5. The lowest BCUT2D eigenvalue weighted by molar-refractivity contribution is -0.140. The highest BCUT2D eigenvalue weighted by molar-refractivity contribution is 5.98. The van der Waals surface area contributed by atoms with Crippen molar-refractivity contribution in [2.75, 3.05) is 128 Å². The number of anilines is 4. The fourth-order valence-electron chi connectivity index (χ4n) is 9.64. The van der Waals surface area contributed by atoms with Crippen LogP contribution in [0.15, 0.2) is 75.5 Å². The molecule has 1 unspecified atom stereocenters. The number of carbonyl (C=O) groups excluding carboxylic acids is 4. The standard InChI is InChI=1S/C67H95N17O16/c1-66(2,3)83(25-29-97-33-37-99-35-31-95-27-7-9-50(85)19-21-52(62(91)92)77-58(87)44-11-15-46(16-12-44)71-39-48-41-73-56-54(75-48)60(89)81-64(68)79-56)24-23-70-43-84(67(4,5)6)26-30-98-34-38-100-36-32-96-28-8-10-51(86)20-22-53(63(93)94)78-59(88)45-13-17-47(18-14-45)72-40-49-42-74-57-55(76-49)61(90)82-65(69)80-57/h11-18,23,41-42,52-53,71-72H,7-10,19-22,24-40,43H2,1-6H3,(H,77,87)(H,78,88)(H,91,92)(H,93,94)(H3,68,73,79,81,89)(H3,69,74,80,82,90)/t52?,53-/m0/s1. The maximum Gasteiger partial charge on any atom is 0.326 e. The van der Waals surface area contributed by atoms with Crippen molar-refractivity contribution in [3.05, 3.63) is 104 Å². The Kier molecular flexibility index (Phi) is 32.9. The smallest absolute Gasteiger partial charge is 0.326 e. The molecule has 33 heteroatoms. The van der Waals surface area contributed by atoms with Crippen molar-refractivity contribution < 1.29 is 67.4 Å². The van der Waals surface area contributed by atoms with E-state index >= 15 is 0 Å². The Balaban J connectivity index is 0.718. The Labute approximate surface area is 578 Å². The van der Waals surface area contributed by atoms with E-state index in [9.17, 15) is 48.6 Å². The van der Waals surface area contributed by atoms with Crippen molar-refractivity contribution in [3.63, 3.8) is 0 Å². The highest BCUT2D eigenvalue weighted by Crippen LogP contribution is 2.18. The number of aliphatic carboxylic acids is 2. The van der Waals surface area contributed by atoms with Crippen molar-refractivity contribution >= 4 is 87.1 Å². The Morgan fingerprint density at radius 2 is 0.900 bits per heavy atom. The normalized spacial score (nSPS) is 12.5. The molecule has 4 aromatic heterocycles. The number of carboxylic acid groups (broad SMARTS) is 2. The zero-order valence-corrected chi connectivity index (χ0v) is 57.7. The number of carboxylic acids is 2. The number of ketones is 2. The SMILES string of the molecule is CC(C)(C)N(CC=NCN(CCOCCOCCOCCCC(=O)CC[C@H](NC(=O)c1ccc(NCc2cnc3nc(N)[nH]c(=O)c3n2)cc1)C(=O)O)C(C)(C)C)CCOCCOCCOCCCC(=O)CCC(NC(=O)c1ccc(NCc2cnc3nc(N)[nH]c(=O)c3n2)cc1)C(=O)O. The minimum absolute atomic E-state index is 0.0262. The fraction of sp³-hybridized carbons (Fsp3) is 0.537. The van der Waals surface area contributed by atoms with Gasteiger partial charge in [-0.3, -0.25) is 53.5 Å². The molecule has 0 aliphatic heterocycles. The summed E-state index contributed by atoms with van der Waals surface area (Å²) < 4.78 is 34.3. The van der Waals surface area contributed by atoms with Crippen LogP contribution in [0.25, 0.3) is 22.3 Å². The van der Waals surface area contributed by atoms with Crippen molar-refractivity contribution in [3.8, 4) is 0 Å². The van der Waals surface area contributed by atoms with Gasteiger partial charge in [0.15, 0.2) is 22.3 Å². The molecule has 0 bridgehead atoms. The van der Waals surface area contributed by atoms with Crippen molar-refractivity contribution in [2.45, 2.75) is 129 Å². The van der Waals surface area contributed by atoms with Crippen LogP contribution in [-0.4, -0.2) is 230 Å². The van der Waals surface area contributed by atoms with Gasteiger partial charge < -0.3 is 71.4 Å². The van der Waals surface area contributed by atoms with E-state index in [2.05, 4.69) is 112 Å². The van der Waals surface area contributed by atoms with Crippen LogP contribution in [0.4, 0.5) is 23.3 Å². The molecule has 2 aromatic carbocycles. The number of nitrogens with zero attached hydrogens (tertiary/aromatic N) is 9. The summed E-state index contributed by atoms with van der Waals surface area (Å²) >= 11 is 0. The molecule has 2 atom stereocenters. The first kappa shape index (κ1) is 79.6. The number of ether oxygens (including phenoxy) is 6. The van der Waals surface area contributed by atoms with Crippen LogP contribution in [0.1, 0.15) is 125 Å². The minimum Gasteiger partial charge on any atom is -0.480 e. The number of aromatic amines is 2. The molecule has 6 aromatic rings. The van der Waals surface area contributed by atoms with E-state index in [1.165, 1.54) is 36.7 Å². The van der Waals surface area contributed by atoms with E-state index < -0.39 is 47.0 Å². The number of aromatic nitrogens is 8. The van der Waals surface area contributed by atoms with E-state index in [0.717, 1.165) is 0 Å². The van der Waals surface area contributed by atoms with Gasteiger partial charge in [0.05, 0.1) is 110 Å². The summed E-state index contributed by atoms with van der Waals surface area (Å²) in [6.07, 6.45) is 5.99. The summed E-state index contributed by atoms with van der Waals surface area (Å²) in [5, 5.41) is 30.8. The Morgan fingerprint density at radius 3 is 1.28 bits per heavy atom. The molecule has 33 nitrogen and oxygen atoms in total. The molecule has 0 fully saturated rings. The van der Waals surface area contributed by atoms with Crippen molar-refractivity contribution in [2.24, 2.45) is 4.99 Å². The summed E-state index contributed by atoms with van der Waals surface area (Å²) in [6, 6.07) is 10.1. The third-order valence-electron chi connectivity index (χ3n) is 15.4. The molecule has 0 saturated heterocycles. The second-order valence-corrected chi connectivity index (χ2v) is 25.2. The van der Waals surface area contributed by atoms with Gasteiger partial charge >= 0.3 is 11.9 Å². The number of benzene rings is 2. The topological polar surface area (TPSA) is 460 Å². The lowest BCUT2D eigenvalue weighted by Crippen LogP contribution is -2.45. The molecule has 544 valence electrons. The average Bonchev–Trinajstić information content (AvgIpc) is 0.817. The molecule has 0 aliphatic rings. The van der Waals surface area contributed by atoms with Gasteiger partial charge in [-0.25, -0.2) is 29.5 Å². The first-order valence-electron chi connectivity index (χ1n) is 33.1. The summed E-state index contributed by atoms with van der Waals surface area (Å²) in [7, 11) is 0. The lowest BCUT2D eigenvalue weighted by Gasteiger charge is -2.35. The molecule has 12 N–H and O–H groups in total. The summed E-state index contributed by atoms with van der Waals surface area (Å²) in [5.41, 5.74) is 12.8. The third-order valence-corrected chi connectivity index (χ3v) is 15.4. The van der Waals surface area contributed by atoms with E-state index in [1.807, 2.05) is 6.21 Å². The first-order chi connectivity index (χ1) is 47.8. The Bertz CT molecular complexity index is 3510. The third kappa shape index (κ3) is 28.8. The summed E-state index contributed by atoms with van der Waals surface area (Å²) in [5.74, 6) is -4.11. The Morgan fingerprint density at radius 1 is 0.530 bits per heavy atom. The first-order valence-corrected chi connectivity index (χ1v) is 33.1. The van der Waals surface area contributed by atoms with Crippen LogP contribution in [0, 0.1) is 0 Å². The molecule has 0 spiro atoms. The maximum absolute atomic E-state index is 12.9. The van der Waals surface area contributed by atoms with Crippen molar-refractivity contribution in [1.82, 2.24) is 60.3 Å². The summed E-state index contributed by atoms with van der Waals surface area (Å²) in [4.78, 5) is 138. The van der Waals surface area contributed by atoms with Gasteiger partial charge in [0, 0.05) is 98.3 Å². The van der Waals surface area contributed by atoms with Crippen LogP contribution in [0.5, 0.6) is 0 Å². The lowest BCUT2D eigenvalue weighted by atomic mass is 10.1. The number of hydrogen-bond donors (Lipinski definition) is 10. The molecule has 0 aliphatic carbocycles. The number of nitrogen functional groups attached to an aromatic ring is 2.